The van der Waals surface area contributed by atoms with Crippen LogP contribution >= 0.6 is 0 Å². The van der Waals surface area contributed by atoms with Crippen LogP contribution in [0.25, 0.3) is 0 Å². The highest BCUT2D eigenvalue weighted by atomic mass is 16.7. The number of aromatic nitrogens is 3. The number of ether oxygens (including phenoxy) is 2. The van der Waals surface area contributed by atoms with E-state index in [-0.39, 0.29) is 0 Å². The van der Waals surface area contributed by atoms with E-state index in [1.165, 1.54) is 0 Å². The molecule has 2 N–H and O–H groups in total. The van der Waals surface area contributed by atoms with Crippen molar-refractivity contribution in [1.82, 2.24) is 25.4 Å². The van der Waals surface area contributed by atoms with Gasteiger partial charge in [0.1, 0.15) is 12.7 Å². The van der Waals surface area contributed by atoms with Gasteiger partial charge in [0.05, 0.1) is 0 Å². The van der Waals surface area contributed by atoms with Gasteiger partial charge in [-0.1, -0.05) is 6.07 Å². The number of rotatable bonds is 7. The molecule has 1 aromatic heterocycles. The highest BCUT2D eigenvalue weighted by Gasteiger charge is 2.13. The molecule has 128 valence electrons. The number of fused-ring (bicyclic) bond motifs is 1. The lowest BCUT2D eigenvalue weighted by Gasteiger charge is -2.12. The van der Waals surface area contributed by atoms with Crippen molar-refractivity contribution in [1.29, 1.82) is 0 Å². The molecular weight excluding hydrogens is 308 g/mol. The Balaban J connectivity index is 1.36. The second-order valence-corrected chi connectivity index (χ2v) is 5.45. The minimum absolute atomic E-state index is 0.296. The Hall–Kier alpha value is -2.77. The van der Waals surface area contributed by atoms with E-state index < -0.39 is 0 Å². The number of benzene rings is 1. The maximum absolute atomic E-state index is 5.39. The molecule has 0 radical (unpaired) electrons. The molecule has 1 aliphatic heterocycles. The van der Waals surface area contributed by atoms with Crippen LogP contribution in [0.5, 0.6) is 11.5 Å². The summed E-state index contributed by atoms with van der Waals surface area (Å²) in [5, 5.41) is 14.2. The maximum Gasteiger partial charge on any atom is 0.231 e. The second-order valence-electron chi connectivity index (χ2n) is 5.45. The second kappa shape index (κ2) is 8.19. The van der Waals surface area contributed by atoms with Crippen molar-refractivity contribution in [3.05, 3.63) is 36.4 Å². The van der Waals surface area contributed by atoms with E-state index in [0.29, 0.717) is 13.3 Å². The maximum atomic E-state index is 5.39. The predicted molar refractivity (Wildman–Crippen MR) is 90.0 cm³/mol. The van der Waals surface area contributed by atoms with Gasteiger partial charge in [-0.05, 0) is 30.5 Å². The molecule has 0 saturated carbocycles. The monoisotopic (exact) mass is 330 g/mol. The number of nitrogens with one attached hydrogen (secondary N) is 2. The van der Waals surface area contributed by atoms with Crippen LogP contribution in [0.2, 0.25) is 0 Å². The first-order valence-electron chi connectivity index (χ1n) is 8.00. The first kappa shape index (κ1) is 16.1. The highest BCUT2D eigenvalue weighted by molar-refractivity contribution is 5.79. The van der Waals surface area contributed by atoms with Crippen LogP contribution in [0, 0.1) is 0 Å². The van der Waals surface area contributed by atoms with E-state index in [4.69, 9.17) is 9.47 Å². The number of hydrogen-bond donors (Lipinski definition) is 2. The quantitative estimate of drug-likeness (QED) is 0.450. The average Bonchev–Trinajstić information content (AvgIpc) is 3.28. The van der Waals surface area contributed by atoms with Crippen molar-refractivity contribution in [2.45, 2.75) is 25.9 Å². The van der Waals surface area contributed by atoms with Gasteiger partial charge in [0.25, 0.3) is 0 Å². The lowest BCUT2D eigenvalue weighted by atomic mass is 10.2. The minimum atomic E-state index is 0.296. The first-order chi connectivity index (χ1) is 11.8. The molecule has 3 rings (SSSR count). The lowest BCUT2D eigenvalue weighted by Crippen LogP contribution is -2.37. The van der Waals surface area contributed by atoms with Gasteiger partial charge in [-0.2, -0.15) is 0 Å². The zero-order valence-corrected chi connectivity index (χ0v) is 13.7. The largest absolute Gasteiger partial charge is 0.454 e. The van der Waals surface area contributed by atoms with Crippen molar-refractivity contribution in [3.63, 3.8) is 0 Å². The zero-order valence-electron chi connectivity index (χ0n) is 13.7. The number of hydrogen-bond acceptors (Lipinski definition) is 5. The fraction of sp³-hybridized carbons (Fsp3) is 0.438. The summed E-state index contributed by atoms with van der Waals surface area (Å²) in [5.41, 5.74) is 1.12. The standard InChI is InChI=1S/C16H22N6O2/c1-17-16(18-6-2-3-7-22-10-20-21-11-22)19-9-13-4-5-14-15(8-13)24-12-23-14/h4-5,8,10-11H,2-3,6-7,9,12H2,1H3,(H2,17,18,19). The van der Waals surface area contributed by atoms with Crippen molar-refractivity contribution in [3.8, 4) is 11.5 Å². The summed E-state index contributed by atoms with van der Waals surface area (Å²) < 4.78 is 12.7. The van der Waals surface area contributed by atoms with E-state index in [9.17, 15) is 0 Å². The molecule has 8 nitrogen and oxygen atoms in total. The van der Waals surface area contributed by atoms with E-state index in [0.717, 1.165) is 49.0 Å². The van der Waals surface area contributed by atoms with E-state index >= 15 is 0 Å². The fourth-order valence-electron chi connectivity index (χ4n) is 2.42. The van der Waals surface area contributed by atoms with Gasteiger partial charge >= 0.3 is 0 Å². The molecule has 0 atom stereocenters. The van der Waals surface area contributed by atoms with Gasteiger partial charge in [0.2, 0.25) is 6.79 Å². The molecule has 24 heavy (non-hydrogen) atoms. The molecule has 2 heterocycles. The number of aliphatic imine (C=N–C) groups is 1. The number of aryl methyl sites for hydroxylation is 1. The van der Waals surface area contributed by atoms with Crippen LogP contribution in [0.15, 0.2) is 35.8 Å². The highest BCUT2D eigenvalue weighted by Crippen LogP contribution is 2.32. The van der Waals surface area contributed by atoms with E-state index in [1.807, 2.05) is 22.8 Å². The minimum Gasteiger partial charge on any atom is -0.454 e. The Morgan fingerprint density at radius 3 is 2.83 bits per heavy atom. The van der Waals surface area contributed by atoms with Crippen molar-refractivity contribution in [2.24, 2.45) is 4.99 Å². The third-order valence-electron chi connectivity index (χ3n) is 3.72. The molecule has 0 bridgehead atoms. The number of nitrogens with zero attached hydrogens (tertiary/aromatic N) is 4. The van der Waals surface area contributed by atoms with Gasteiger partial charge in [0, 0.05) is 26.7 Å². The van der Waals surface area contributed by atoms with Gasteiger partial charge in [-0.3, -0.25) is 4.99 Å². The van der Waals surface area contributed by atoms with Crippen LogP contribution < -0.4 is 20.1 Å². The molecule has 0 amide bonds. The Labute approximate surface area is 140 Å². The molecule has 2 aromatic rings. The van der Waals surface area contributed by atoms with Crippen LogP contribution in [-0.4, -0.2) is 41.1 Å². The molecule has 1 aliphatic rings. The zero-order chi connectivity index (χ0) is 16.6. The SMILES string of the molecule is CN=C(NCCCCn1cnnc1)NCc1ccc2c(c1)OCO2. The summed E-state index contributed by atoms with van der Waals surface area (Å²) >= 11 is 0. The number of unbranched alkanes of at least 4 members (excludes halogenated alkanes) is 1. The smallest absolute Gasteiger partial charge is 0.231 e. The average molecular weight is 330 g/mol. The number of guanidine groups is 1. The fourth-order valence-corrected chi connectivity index (χ4v) is 2.42. The molecule has 1 aromatic carbocycles. The van der Waals surface area contributed by atoms with Crippen LogP contribution in [0.3, 0.4) is 0 Å². The van der Waals surface area contributed by atoms with Crippen molar-refractivity contribution in [2.75, 3.05) is 20.4 Å². The Morgan fingerprint density at radius 2 is 2.00 bits per heavy atom. The summed E-state index contributed by atoms with van der Waals surface area (Å²) in [4.78, 5) is 4.24. The Kier molecular flexibility index (Phi) is 5.49. The van der Waals surface area contributed by atoms with E-state index in [1.54, 1.807) is 19.7 Å². The summed E-state index contributed by atoms with van der Waals surface area (Å²) in [7, 11) is 1.77. The lowest BCUT2D eigenvalue weighted by molar-refractivity contribution is 0.174. The van der Waals surface area contributed by atoms with Gasteiger partial charge in [-0.25, -0.2) is 0 Å². The van der Waals surface area contributed by atoms with Gasteiger partial charge < -0.3 is 24.7 Å². The molecule has 0 saturated heterocycles. The topological polar surface area (TPSA) is 85.6 Å². The van der Waals surface area contributed by atoms with Gasteiger partial charge in [0.15, 0.2) is 17.5 Å². The van der Waals surface area contributed by atoms with Crippen LogP contribution in [0.1, 0.15) is 18.4 Å². The third-order valence-corrected chi connectivity index (χ3v) is 3.72. The van der Waals surface area contributed by atoms with Crippen LogP contribution in [-0.2, 0) is 13.1 Å². The Bertz CT molecular complexity index is 671. The Morgan fingerprint density at radius 1 is 1.17 bits per heavy atom. The molecule has 8 heteroatoms. The molecule has 0 spiro atoms. The molecule has 0 fully saturated rings. The van der Waals surface area contributed by atoms with Crippen LogP contribution in [0.4, 0.5) is 0 Å². The summed E-state index contributed by atoms with van der Waals surface area (Å²) in [6, 6.07) is 5.94. The molecule has 0 unspecified atom stereocenters. The first-order valence-corrected chi connectivity index (χ1v) is 8.00. The molecule has 0 aliphatic carbocycles. The summed E-state index contributed by atoms with van der Waals surface area (Å²) in [6.45, 7) is 2.77. The summed E-state index contributed by atoms with van der Waals surface area (Å²) in [5.74, 6) is 2.39. The van der Waals surface area contributed by atoms with Crippen molar-refractivity contribution < 1.29 is 9.47 Å². The normalized spacial score (nSPS) is 13.1. The predicted octanol–water partition coefficient (Wildman–Crippen LogP) is 1.15. The van der Waals surface area contributed by atoms with Crippen molar-refractivity contribution >= 4 is 5.96 Å². The van der Waals surface area contributed by atoms with Gasteiger partial charge in [-0.15, -0.1) is 10.2 Å². The van der Waals surface area contributed by atoms with E-state index in [2.05, 4.69) is 25.8 Å². The third kappa shape index (κ3) is 4.37. The molecular formula is C16H22N6O2. The summed E-state index contributed by atoms with van der Waals surface area (Å²) in [6.07, 6.45) is 5.58.